The van der Waals surface area contributed by atoms with E-state index in [-0.39, 0.29) is 21.5 Å². The van der Waals surface area contributed by atoms with Crippen molar-refractivity contribution >= 4 is 9.37 Å². The molecule has 0 radical (unpaired) electrons. The van der Waals surface area contributed by atoms with Gasteiger partial charge in [-0.2, -0.15) is 0 Å². The number of carbonyl (C=O) groups is 1. The monoisotopic (exact) mass is 424 g/mol. The van der Waals surface area contributed by atoms with Crippen LogP contribution >= 0.6 is 0 Å². The van der Waals surface area contributed by atoms with Gasteiger partial charge in [0.2, 0.25) is 0 Å². The molecule has 6 nitrogen and oxygen atoms in total. The van der Waals surface area contributed by atoms with Crippen LogP contribution in [0.4, 0.5) is 4.39 Å². The number of nitrogens with two attached hydrogens (primary N) is 1. The molecule has 1 aromatic rings. The van der Waals surface area contributed by atoms with Crippen LogP contribution in [0.2, 0.25) is 0 Å². The molecule has 0 aliphatic carbocycles. The van der Waals surface area contributed by atoms with Gasteiger partial charge in [-0.05, 0) is 0 Å². The Kier molecular flexibility index (Phi) is 4.49. The Hall–Kier alpha value is -0.877. The van der Waals surface area contributed by atoms with Crippen LogP contribution in [-0.2, 0) is 11.2 Å². The van der Waals surface area contributed by atoms with Gasteiger partial charge in [0.15, 0.2) is 0 Å². The molecule has 0 spiro atoms. The minimum atomic E-state index is -1.21. The van der Waals surface area contributed by atoms with Gasteiger partial charge in [0.05, 0.1) is 0 Å². The van der Waals surface area contributed by atoms with Gasteiger partial charge in [-0.1, -0.05) is 0 Å². The molecule has 16 heavy (non-hydrogen) atoms. The standard InChI is InChI=1S/C8H9AtFN3O3/c1-16-8-12-4(2-3(11)7(14)15)5(10)6(9)13-8/h3H,2,11H2,1H3,(H,14,15). The molecule has 1 atom stereocenters. The van der Waals surface area contributed by atoms with E-state index < -0.39 is 17.8 Å². The Morgan fingerprint density at radius 1 is 1.69 bits per heavy atom. The number of methoxy groups -OCH3 is 1. The maximum atomic E-state index is 13.5. The zero-order valence-corrected chi connectivity index (χ0v) is 11.2. The molecule has 0 fully saturated rings. The zero-order chi connectivity index (χ0) is 12.3. The number of aliphatic carboxylic acids is 1. The van der Waals surface area contributed by atoms with E-state index in [0.717, 1.165) is 24.7 Å². The van der Waals surface area contributed by atoms with Crippen molar-refractivity contribution < 1.29 is 43.7 Å². The molecule has 0 aliphatic rings. The predicted molar refractivity (Wildman–Crippen MR) is 47.5 cm³/mol. The third kappa shape index (κ3) is 3.06. The van der Waals surface area contributed by atoms with Gasteiger partial charge in [-0.15, -0.1) is 0 Å². The number of carboxylic acid groups (broad SMARTS) is 1. The van der Waals surface area contributed by atoms with Crippen molar-refractivity contribution in [3.8, 4) is 6.01 Å². The van der Waals surface area contributed by atoms with Gasteiger partial charge in [0.25, 0.3) is 0 Å². The molecule has 0 amide bonds. The second-order valence-corrected chi connectivity index (χ2v) is 4.30. The van der Waals surface area contributed by atoms with Crippen molar-refractivity contribution in [2.45, 2.75) is 12.5 Å². The number of nitrogens with zero attached hydrogens (tertiary/aromatic N) is 2. The molecule has 1 unspecified atom stereocenters. The van der Waals surface area contributed by atoms with E-state index >= 15 is 0 Å². The number of aromatic nitrogens is 2. The Morgan fingerprint density at radius 2 is 2.31 bits per heavy atom. The fourth-order valence-corrected chi connectivity index (χ4v) is 1.67. The summed E-state index contributed by atoms with van der Waals surface area (Å²) in [6, 6.07) is -1.19. The van der Waals surface area contributed by atoms with Crippen LogP contribution in [0.1, 0.15) is 5.69 Å². The maximum absolute atomic E-state index is 13.5. The van der Waals surface area contributed by atoms with E-state index in [1.807, 2.05) is 0 Å². The first-order valence-corrected chi connectivity index (χ1v) is 5.67. The summed E-state index contributed by atoms with van der Waals surface area (Å²) in [6.45, 7) is 0. The number of carboxylic acids is 1. The van der Waals surface area contributed by atoms with Crippen LogP contribution in [0.25, 0.3) is 0 Å². The van der Waals surface area contributed by atoms with Gasteiger partial charge in [0.1, 0.15) is 0 Å². The first-order chi connectivity index (χ1) is 7.45. The Morgan fingerprint density at radius 3 is 2.81 bits per heavy atom. The van der Waals surface area contributed by atoms with Crippen LogP contribution in [0.3, 0.4) is 0 Å². The molecule has 0 aliphatic heterocycles. The van der Waals surface area contributed by atoms with Crippen molar-refractivity contribution in [1.82, 2.24) is 9.97 Å². The first kappa shape index (κ1) is 13.2. The van der Waals surface area contributed by atoms with Crippen LogP contribution in [0.15, 0.2) is 0 Å². The SMILES string of the molecule is COc1nc([At])c(F)c(CC(N)C(=O)O)n1. The van der Waals surface area contributed by atoms with Crippen LogP contribution < -0.4 is 13.9 Å². The summed E-state index contributed by atoms with van der Waals surface area (Å²) < 4.78 is 18.4. The fraction of sp³-hybridized carbons (Fsp3) is 0.375. The summed E-state index contributed by atoms with van der Waals surface area (Å²) in [7, 11) is 1.35. The van der Waals surface area contributed by atoms with E-state index in [1.165, 1.54) is 7.11 Å². The van der Waals surface area contributed by atoms with Crippen LogP contribution in [0.5, 0.6) is 6.01 Å². The molecule has 3 N–H and O–H groups in total. The van der Waals surface area contributed by atoms with E-state index in [0.29, 0.717) is 0 Å². The van der Waals surface area contributed by atoms with E-state index in [2.05, 4.69) is 9.97 Å². The number of hydrogen-bond donors (Lipinski definition) is 2. The van der Waals surface area contributed by atoms with Crippen molar-refractivity contribution in [2.24, 2.45) is 5.73 Å². The predicted octanol–water partition coefficient (Wildman–Crippen LogP) is -1.25. The molecule has 1 rings (SSSR count). The third-order valence-electron chi connectivity index (χ3n) is 1.77. The Balaban J connectivity index is 3.03. The summed E-state index contributed by atoms with van der Waals surface area (Å²) >= 11 is 1.02. The van der Waals surface area contributed by atoms with E-state index in [4.69, 9.17) is 15.6 Å². The average Bonchev–Trinajstić information content (AvgIpc) is 2.24. The molecule has 0 saturated carbocycles. The zero-order valence-electron chi connectivity index (χ0n) is 8.28. The van der Waals surface area contributed by atoms with E-state index in [1.54, 1.807) is 0 Å². The normalized spacial score (nSPS) is 12.2. The van der Waals surface area contributed by atoms with Crippen molar-refractivity contribution in [3.63, 3.8) is 0 Å². The first-order valence-electron chi connectivity index (χ1n) is 4.20. The van der Waals surface area contributed by atoms with Gasteiger partial charge < -0.3 is 0 Å². The molecule has 0 saturated heterocycles. The molecule has 0 bridgehead atoms. The molecule has 8 heteroatoms. The fourth-order valence-electron chi connectivity index (χ4n) is 0.964. The average molecular weight is 424 g/mol. The summed E-state index contributed by atoms with van der Waals surface area (Å²) in [6.07, 6.45) is -0.199. The number of hydrogen-bond acceptors (Lipinski definition) is 5. The quantitative estimate of drug-likeness (QED) is 0.628. The molecule has 88 valence electrons. The Labute approximate surface area is 106 Å². The summed E-state index contributed by atoms with van der Waals surface area (Å²) in [5, 5.41) is 8.61. The second-order valence-electron chi connectivity index (χ2n) is 2.91. The number of rotatable bonds is 4. The Bertz CT molecular complexity index is 416. The topological polar surface area (TPSA) is 98.3 Å². The third-order valence-corrected chi connectivity index (χ3v) is 2.75. The van der Waals surface area contributed by atoms with Crippen LogP contribution in [-0.4, -0.2) is 34.2 Å². The molecular weight excluding hydrogens is 415 g/mol. The molecule has 0 aromatic carbocycles. The molecular formula is C8H9AtFN3O3. The van der Waals surface area contributed by atoms with Crippen molar-refractivity contribution in [3.05, 3.63) is 11.5 Å². The van der Waals surface area contributed by atoms with Crippen LogP contribution in [0, 0.1) is 30.5 Å². The summed E-state index contributed by atoms with van der Waals surface area (Å²) in [5.41, 5.74) is 5.25. The number of halogens is 1. The van der Waals surface area contributed by atoms with Gasteiger partial charge >= 0.3 is 106 Å². The van der Waals surface area contributed by atoms with Gasteiger partial charge in [-0.25, -0.2) is 0 Å². The number of ether oxygens (including phenoxy) is 1. The van der Waals surface area contributed by atoms with E-state index in [9.17, 15) is 9.18 Å². The summed E-state index contributed by atoms with van der Waals surface area (Å²) in [4.78, 5) is 18.0. The van der Waals surface area contributed by atoms with Gasteiger partial charge in [-0.3, -0.25) is 0 Å². The second kappa shape index (κ2) is 5.45. The van der Waals surface area contributed by atoms with Gasteiger partial charge in [0, 0.05) is 0 Å². The van der Waals surface area contributed by atoms with Crippen molar-refractivity contribution in [2.75, 3.05) is 7.11 Å². The summed E-state index contributed by atoms with van der Waals surface area (Å²) in [5.74, 6) is -1.84. The molecule has 1 aromatic heterocycles. The minimum absolute atomic E-state index is 0.00601. The van der Waals surface area contributed by atoms with Crippen molar-refractivity contribution in [1.29, 1.82) is 0 Å². The molecule has 1 heterocycles.